The predicted molar refractivity (Wildman–Crippen MR) is 83.4 cm³/mol. The van der Waals surface area contributed by atoms with E-state index in [1.165, 1.54) is 25.1 Å². The van der Waals surface area contributed by atoms with Gasteiger partial charge < -0.3 is 15.4 Å². The Hall–Kier alpha value is -1.42. The maximum absolute atomic E-state index is 6.03. The number of rotatable bonds is 3. The van der Waals surface area contributed by atoms with Crippen LogP contribution in [0.1, 0.15) is 26.7 Å². The summed E-state index contributed by atoms with van der Waals surface area (Å²) in [5.74, 6) is 0.878. The van der Waals surface area contributed by atoms with Crippen molar-refractivity contribution in [3.8, 4) is 5.75 Å². The van der Waals surface area contributed by atoms with Gasteiger partial charge in [-0.2, -0.15) is 0 Å². The average Bonchev–Trinajstić information content (AvgIpc) is 2.84. The van der Waals surface area contributed by atoms with E-state index in [1.807, 2.05) is 13.0 Å². The molecule has 0 bridgehead atoms. The first-order valence-corrected chi connectivity index (χ1v) is 7.71. The lowest BCUT2D eigenvalue weighted by atomic mass is 10.1. The molecule has 2 N–H and O–H groups in total. The van der Waals surface area contributed by atoms with Gasteiger partial charge in [-0.25, -0.2) is 0 Å². The summed E-state index contributed by atoms with van der Waals surface area (Å²) >= 11 is 0. The molecule has 20 heavy (non-hydrogen) atoms. The van der Waals surface area contributed by atoms with Crippen LogP contribution < -0.4 is 15.4 Å². The molecule has 0 aliphatic carbocycles. The van der Waals surface area contributed by atoms with E-state index in [0.29, 0.717) is 18.7 Å². The zero-order chi connectivity index (χ0) is 14.1. The molecule has 4 heteroatoms. The van der Waals surface area contributed by atoms with Crippen molar-refractivity contribution in [2.24, 2.45) is 0 Å². The predicted octanol–water partition coefficient (Wildman–Crippen LogP) is 2.34. The molecule has 2 heterocycles. The van der Waals surface area contributed by atoms with Crippen LogP contribution in [0.5, 0.6) is 5.75 Å². The molecule has 0 saturated carbocycles. The number of hydrogen-bond donors (Lipinski definition) is 1. The third-order valence-electron chi connectivity index (χ3n) is 4.49. The molecular formula is C16H25N3O. The largest absolute Gasteiger partial charge is 0.494 e. The zero-order valence-electron chi connectivity index (χ0n) is 12.5. The van der Waals surface area contributed by atoms with Crippen molar-refractivity contribution >= 4 is 11.4 Å². The number of nitrogens with two attached hydrogens (primary N) is 1. The second-order valence-electron chi connectivity index (χ2n) is 5.99. The van der Waals surface area contributed by atoms with Gasteiger partial charge in [0, 0.05) is 48.7 Å². The lowest BCUT2D eigenvalue weighted by molar-refractivity contribution is 0.203. The first kappa shape index (κ1) is 13.6. The average molecular weight is 275 g/mol. The molecule has 2 aliphatic heterocycles. The summed E-state index contributed by atoms with van der Waals surface area (Å²) in [6, 6.07) is 7.34. The SMILES string of the molecule is CCOc1cc(N)cc(N2CC3CCCN3CC2C)c1. The Morgan fingerprint density at radius 2 is 2.15 bits per heavy atom. The van der Waals surface area contributed by atoms with Gasteiger partial charge in [0.1, 0.15) is 5.75 Å². The van der Waals surface area contributed by atoms with E-state index in [1.54, 1.807) is 0 Å². The molecule has 0 radical (unpaired) electrons. The minimum Gasteiger partial charge on any atom is -0.494 e. The van der Waals surface area contributed by atoms with Crippen molar-refractivity contribution in [1.29, 1.82) is 0 Å². The zero-order valence-corrected chi connectivity index (χ0v) is 12.5. The number of hydrogen-bond acceptors (Lipinski definition) is 4. The molecule has 2 fully saturated rings. The van der Waals surface area contributed by atoms with Crippen LogP contribution in [0.3, 0.4) is 0 Å². The van der Waals surface area contributed by atoms with Gasteiger partial charge in [-0.15, -0.1) is 0 Å². The van der Waals surface area contributed by atoms with E-state index in [2.05, 4.69) is 28.9 Å². The Labute approximate surface area is 121 Å². The standard InChI is InChI=1S/C16H25N3O/c1-3-20-16-8-13(17)7-15(9-16)19-11-14-5-4-6-18(14)10-12(19)2/h7-9,12,14H,3-6,10-11,17H2,1-2H3. The van der Waals surface area contributed by atoms with Crippen LogP contribution in [0.2, 0.25) is 0 Å². The van der Waals surface area contributed by atoms with Gasteiger partial charge in [-0.3, -0.25) is 4.90 Å². The fourth-order valence-electron chi connectivity index (χ4n) is 3.57. The fraction of sp³-hybridized carbons (Fsp3) is 0.625. The first-order chi connectivity index (χ1) is 9.67. The topological polar surface area (TPSA) is 41.7 Å². The number of piperazine rings is 1. The first-order valence-electron chi connectivity index (χ1n) is 7.71. The molecule has 2 saturated heterocycles. The van der Waals surface area contributed by atoms with Gasteiger partial charge in [0.15, 0.2) is 0 Å². The highest BCUT2D eigenvalue weighted by molar-refractivity contribution is 5.61. The maximum Gasteiger partial charge on any atom is 0.123 e. The highest BCUT2D eigenvalue weighted by Gasteiger charge is 2.34. The third kappa shape index (κ3) is 2.57. The summed E-state index contributed by atoms with van der Waals surface area (Å²) in [6.45, 7) is 8.51. The van der Waals surface area contributed by atoms with Crippen molar-refractivity contribution in [2.45, 2.75) is 38.8 Å². The summed E-state index contributed by atoms with van der Waals surface area (Å²) in [4.78, 5) is 5.13. The molecule has 110 valence electrons. The Morgan fingerprint density at radius 3 is 2.95 bits per heavy atom. The molecule has 1 aromatic carbocycles. The van der Waals surface area contributed by atoms with Gasteiger partial charge in [-0.05, 0) is 39.3 Å². The molecule has 2 aliphatic rings. The number of nitrogen functional groups attached to an aromatic ring is 1. The summed E-state index contributed by atoms with van der Waals surface area (Å²) in [7, 11) is 0. The monoisotopic (exact) mass is 275 g/mol. The second kappa shape index (κ2) is 5.52. The van der Waals surface area contributed by atoms with E-state index < -0.39 is 0 Å². The molecule has 0 aromatic heterocycles. The number of anilines is 2. The maximum atomic E-state index is 6.03. The van der Waals surface area contributed by atoms with Crippen molar-refractivity contribution in [3.05, 3.63) is 18.2 Å². The van der Waals surface area contributed by atoms with Crippen LogP contribution in [0.4, 0.5) is 11.4 Å². The molecule has 0 amide bonds. The molecule has 4 nitrogen and oxygen atoms in total. The minimum absolute atomic E-state index is 0.528. The second-order valence-corrected chi connectivity index (χ2v) is 5.99. The lowest BCUT2D eigenvalue weighted by Gasteiger charge is -2.43. The Kier molecular flexibility index (Phi) is 3.74. The highest BCUT2D eigenvalue weighted by Crippen LogP contribution is 2.32. The molecule has 2 unspecified atom stereocenters. The van der Waals surface area contributed by atoms with Crippen molar-refractivity contribution in [1.82, 2.24) is 4.90 Å². The van der Waals surface area contributed by atoms with Gasteiger partial charge >= 0.3 is 0 Å². The molecule has 3 rings (SSSR count). The summed E-state index contributed by atoms with van der Waals surface area (Å²) in [6.07, 6.45) is 2.66. The van der Waals surface area contributed by atoms with E-state index in [9.17, 15) is 0 Å². The van der Waals surface area contributed by atoms with Crippen molar-refractivity contribution < 1.29 is 4.74 Å². The minimum atomic E-state index is 0.528. The number of ether oxygens (including phenoxy) is 1. The number of nitrogens with zero attached hydrogens (tertiary/aromatic N) is 2. The van der Waals surface area contributed by atoms with Crippen LogP contribution in [-0.4, -0.2) is 43.2 Å². The van der Waals surface area contributed by atoms with Crippen molar-refractivity contribution in [3.63, 3.8) is 0 Å². The van der Waals surface area contributed by atoms with E-state index in [0.717, 1.165) is 24.5 Å². The molecule has 0 spiro atoms. The van der Waals surface area contributed by atoms with Gasteiger partial charge in [0.25, 0.3) is 0 Å². The highest BCUT2D eigenvalue weighted by atomic mass is 16.5. The summed E-state index contributed by atoms with van der Waals surface area (Å²) in [5, 5.41) is 0. The molecule has 2 atom stereocenters. The number of fused-ring (bicyclic) bond motifs is 1. The fourth-order valence-corrected chi connectivity index (χ4v) is 3.57. The third-order valence-corrected chi connectivity index (χ3v) is 4.49. The summed E-state index contributed by atoms with van der Waals surface area (Å²) < 4.78 is 5.62. The normalized spacial score (nSPS) is 26.6. The van der Waals surface area contributed by atoms with Crippen LogP contribution in [0.15, 0.2) is 18.2 Å². The van der Waals surface area contributed by atoms with E-state index in [-0.39, 0.29) is 0 Å². The Bertz CT molecular complexity index is 477. The molecule has 1 aromatic rings. The summed E-state index contributed by atoms with van der Waals surface area (Å²) in [5.41, 5.74) is 8.02. The van der Waals surface area contributed by atoms with Gasteiger partial charge in [0.05, 0.1) is 6.61 Å². The smallest absolute Gasteiger partial charge is 0.123 e. The Morgan fingerprint density at radius 1 is 1.30 bits per heavy atom. The Balaban J connectivity index is 1.84. The van der Waals surface area contributed by atoms with Gasteiger partial charge in [0.2, 0.25) is 0 Å². The quantitative estimate of drug-likeness (QED) is 0.860. The van der Waals surface area contributed by atoms with Crippen LogP contribution >= 0.6 is 0 Å². The van der Waals surface area contributed by atoms with Crippen LogP contribution in [-0.2, 0) is 0 Å². The van der Waals surface area contributed by atoms with Crippen LogP contribution in [0, 0.1) is 0 Å². The van der Waals surface area contributed by atoms with E-state index in [4.69, 9.17) is 10.5 Å². The van der Waals surface area contributed by atoms with E-state index >= 15 is 0 Å². The number of benzene rings is 1. The molecular weight excluding hydrogens is 250 g/mol. The van der Waals surface area contributed by atoms with Gasteiger partial charge in [-0.1, -0.05) is 0 Å². The lowest BCUT2D eigenvalue weighted by Crippen LogP contribution is -2.55. The van der Waals surface area contributed by atoms with Crippen molar-refractivity contribution in [2.75, 3.05) is 36.9 Å². The van der Waals surface area contributed by atoms with Crippen LogP contribution in [0.25, 0.3) is 0 Å².